The van der Waals surface area contributed by atoms with Crippen LogP contribution in [0.25, 0.3) is 0 Å². The third-order valence-electron chi connectivity index (χ3n) is 3.63. The van der Waals surface area contributed by atoms with E-state index < -0.39 is 0 Å². The second-order valence-corrected chi connectivity index (χ2v) is 5.07. The molecule has 0 bridgehead atoms. The van der Waals surface area contributed by atoms with Gasteiger partial charge < -0.3 is 0 Å². The molecule has 1 aromatic carbocycles. The quantitative estimate of drug-likeness (QED) is 0.427. The predicted octanol–water partition coefficient (Wildman–Crippen LogP) is 5.33. The normalized spacial score (nSPS) is 12.1. The molecule has 18 heavy (non-hydrogen) atoms. The van der Waals surface area contributed by atoms with Gasteiger partial charge in [0.05, 0.1) is 0 Å². The molecule has 0 nitrogen and oxygen atoms in total. The predicted molar refractivity (Wildman–Crippen MR) is 80.8 cm³/mol. The van der Waals surface area contributed by atoms with Gasteiger partial charge in [-0.25, -0.2) is 0 Å². The van der Waals surface area contributed by atoms with Crippen molar-refractivity contribution in [3.05, 3.63) is 35.4 Å². The molecular weight excluding hydrogens is 216 g/mol. The van der Waals surface area contributed by atoms with Gasteiger partial charge in [0, 0.05) is 6.42 Å². The Labute approximate surface area is 113 Å². The summed E-state index contributed by atoms with van der Waals surface area (Å²) in [6.07, 6.45) is 13.9. The molecule has 1 unspecified atom stereocenters. The number of aryl methyl sites for hydroxylation is 1. The van der Waals surface area contributed by atoms with Crippen LogP contribution >= 0.6 is 0 Å². The zero-order chi connectivity index (χ0) is 13.2. The van der Waals surface area contributed by atoms with Crippen LogP contribution in [-0.4, -0.2) is 0 Å². The fourth-order valence-corrected chi connectivity index (χ4v) is 2.35. The lowest BCUT2D eigenvalue weighted by Gasteiger charge is -2.12. The van der Waals surface area contributed by atoms with Crippen molar-refractivity contribution in [3.63, 3.8) is 0 Å². The third-order valence-corrected chi connectivity index (χ3v) is 3.63. The van der Waals surface area contributed by atoms with Gasteiger partial charge in [-0.1, -0.05) is 57.4 Å². The van der Waals surface area contributed by atoms with Crippen LogP contribution in [0, 0.1) is 12.3 Å². The molecule has 0 fully saturated rings. The summed E-state index contributed by atoms with van der Waals surface area (Å²) in [7, 11) is 0. The minimum atomic E-state index is 0.532. The van der Waals surface area contributed by atoms with Gasteiger partial charge in [0.25, 0.3) is 0 Å². The molecule has 0 aliphatic rings. The van der Waals surface area contributed by atoms with E-state index in [2.05, 4.69) is 44.0 Å². The Bertz CT molecular complexity index is 353. The lowest BCUT2D eigenvalue weighted by atomic mass is 9.92. The van der Waals surface area contributed by atoms with E-state index in [4.69, 9.17) is 6.42 Å². The largest absolute Gasteiger partial charge is 0.120 e. The summed E-state index contributed by atoms with van der Waals surface area (Å²) >= 11 is 0. The molecular formula is C18H26. The molecule has 0 heteroatoms. The standard InChI is InChI=1S/C18H26/c1-4-7-8-9-11-16-12-14-18(15-13-16)17(6-3)10-5-2/h2,12-15,17H,4,6-11H2,1,3H3. The second-order valence-electron chi connectivity index (χ2n) is 5.07. The minimum Gasteiger partial charge on any atom is -0.120 e. The molecule has 1 rings (SSSR count). The van der Waals surface area contributed by atoms with E-state index in [0.29, 0.717) is 5.92 Å². The Hall–Kier alpha value is -1.22. The van der Waals surface area contributed by atoms with E-state index in [-0.39, 0.29) is 0 Å². The Morgan fingerprint density at radius 1 is 1.06 bits per heavy atom. The van der Waals surface area contributed by atoms with Crippen molar-refractivity contribution in [2.45, 2.75) is 64.7 Å². The molecule has 0 heterocycles. The van der Waals surface area contributed by atoms with E-state index >= 15 is 0 Å². The van der Waals surface area contributed by atoms with E-state index in [0.717, 1.165) is 12.8 Å². The molecule has 1 aromatic rings. The molecule has 0 radical (unpaired) electrons. The fourth-order valence-electron chi connectivity index (χ4n) is 2.35. The maximum Gasteiger partial charge on any atom is 0.0155 e. The summed E-state index contributed by atoms with van der Waals surface area (Å²) in [5.74, 6) is 3.31. The van der Waals surface area contributed by atoms with Crippen molar-refractivity contribution in [2.24, 2.45) is 0 Å². The van der Waals surface area contributed by atoms with E-state index in [1.54, 1.807) is 0 Å². The number of rotatable bonds is 8. The first kappa shape index (κ1) is 14.8. The molecule has 98 valence electrons. The highest BCUT2D eigenvalue weighted by Crippen LogP contribution is 2.23. The summed E-state index contributed by atoms with van der Waals surface area (Å²) in [6.45, 7) is 4.46. The van der Waals surface area contributed by atoms with E-state index in [1.165, 1.54) is 43.2 Å². The van der Waals surface area contributed by atoms with Gasteiger partial charge in [0.1, 0.15) is 0 Å². The van der Waals surface area contributed by atoms with Crippen LogP contribution in [0.15, 0.2) is 24.3 Å². The van der Waals surface area contributed by atoms with Gasteiger partial charge in [-0.15, -0.1) is 12.3 Å². The third kappa shape index (κ3) is 4.96. The first-order chi connectivity index (χ1) is 8.81. The van der Waals surface area contributed by atoms with Gasteiger partial charge >= 0.3 is 0 Å². The summed E-state index contributed by atoms with van der Waals surface area (Å²) in [6, 6.07) is 9.09. The Kier molecular flexibility index (Phi) is 7.26. The Morgan fingerprint density at radius 2 is 1.78 bits per heavy atom. The monoisotopic (exact) mass is 242 g/mol. The smallest absolute Gasteiger partial charge is 0.0155 e. The second kappa shape index (κ2) is 8.81. The van der Waals surface area contributed by atoms with Crippen molar-refractivity contribution >= 4 is 0 Å². The maximum absolute atomic E-state index is 5.42. The topological polar surface area (TPSA) is 0 Å². The van der Waals surface area contributed by atoms with E-state index in [9.17, 15) is 0 Å². The molecule has 1 atom stereocenters. The summed E-state index contributed by atoms with van der Waals surface area (Å²) in [5.41, 5.74) is 2.86. The molecule has 0 amide bonds. The van der Waals surface area contributed by atoms with Gasteiger partial charge in [0.15, 0.2) is 0 Å². The number of hydrogen-bond donors (Lipinski definition) is 0. The lowest BCUT2D eigenvalue weighted by molar-refractivity contribution is 0.665. The minimum absolute atomic E-state index is 0.532. The first-order valence-corrected chi connectivity index (χ1v) is 7.34. The highest BCUT2D eigenvalue weighted by Gasteiger charge is 2.07. The zero-order valence-corrected chi connectivity index (χ0v) is 11.9. The SMILES string of the molecule is C#CCC(CC)c1ccc(CCCCCC)cc1. The zero-order valence-electron chi connectivity index (χ0n) is 11.9. The van der Waals surface area contributed by atoms with Crippen molar-refractivity contribution in [2.75, 3.05) is 0 Å². The lowest BCUT2D eigenvalue weighted by Crippen LogP contribution is -1.96. The molecule has 0 saturated carbocycles. The van der Waals surface area contributed by atoms with Gasteiger partial charge in [0.2, 0.25) is 0 Å². The van der Waals surface area contributed by atoms with Crippen molar-refractivity contribution < 1.29 is 0 Å². The molecule has 0 saturated heterocycles. The van der Waals surface area contributed by atoms with Gasteiger partial charge in [-0.05, 0) is 36.3 Å². The Morgan fingerprint density at radius 3 is 2.33 bits per heavy atom. The number of benzene rings is 1. The number of terminal acetylenes is 1. The first-order valence-electron chi connectivity index (χ1n) is 7.34. The Balaban J connectivity index is 2.49. The van der Waals surface area contributed by atoms with Gasteiger partial charge in [-0.3, -0.25) is 0 Å². The van der Waals surface area contributed by atoms with Crippen LogP contribution < -0.4 is 0 Å². The molecule has 0 aromatic heterocycles. The summed E-state index contributed by atoms with van der Waals surface area (Å²) < 4.78 is 0. The number of hydrogen-bond acceptors (Lipinski definition) is 0. The van der Waals surface area contributed by atoms with Crippen molar-refractivity contribution in [1.82, 2.24) is 0 Å². The molecule has 0 aliphatic heterocycles. The van der Waals surface area contributed by atoms with Crippen molar-refractivity contribution in [3.8, 4) is 12.3 Å². The van der Waals surface area contributed by atoms with Gasteiger partial charge in [-0.2, -0.15) is 0 Å². The van der Waals surface area contributed by atoms with Crippen LogP contribution in [0.4, 0.5) is 0 Å². The number of unbranched alkanes of at least 4 members (excludes halogenated alkanes) is 3. The maximum atomic E-state index is 5.42. The molecule has 0 N–H and O–H groups in total. The van der Waals surface area contributed by atoms with Crippen LogP contribution in [0.1, 0.15) is 69.4 Å². The van der Waals surface area contributed by atoms with Crippen LogP contribution in [0.5, 0.6) is 0 Å². The van der Waals surface area contributed by atoms with Crippen LogP contribution in [-0.2, 0) is 6.42 Å². The fraction of sp³-hybridized carbons (Fsp3) is 0.556. The highest BCUT2D eigenvalue weighted by atomic mass is 14.1. The molecule has 0 spiro atoms. The summed E-state index contributed by atoms with van der Waals surface area (Å²) in [5, 5.41) is 0. The highest BCUT2D eigenvalue weighted by molar-refractivity contribution is 5.26. The average molecular weight is 242 g/mol. The van der Waals surface area contributed by atoms with Crippen molar-refractivity contribution in [1.29, 1.82) is 0 Å². The average Bonchev–Trinajstić information content (AvgIpc) is 2.42. The van der Waals surface area contributed by atoms with Crippen LogP contribution in [0.3, 0.4) is 0 Å². The molecule has 0 aliphatic carbocycles. The summed E-state index contributed by atoms with van der Waals surface area (Å²) in [4.78, 5) is 0. The van der Waals surface area contributed by atoms with Crippen LogP contribution in [0.2, 0.25) is 0 Å². The van der Waals surface area contributed by atoms with E-state index in [1.807, 2.05) is 0 Å².